The van der Waals surface area contributed by atoms with Gasteiger partial charge in [0.15, 0.2) is 0 Å². The number of unbranched alkanes of at least 4 members (excludes halogenated alkanes) is 2. The molecule has 21 heavy (non-hydrogen) atoms. The first-order valence-corrected chi connectivity index (χ1v) is 8.36. The minimum Gasteiger partial charge on any atom is -0.331 e. The maximum Gasteiger partial charge on any atom is 0.248 e. The van der Waals surface area contributed by atoms with E-state index < -0.39 is 6.04 Å². The van der Waals surface area contributed by atoms with Crippen molar-refractivity contribution in [2.24, 2.45) is 0 Å². The van der Waals surface area contributed by atoms with E-state index >= 15 is 0 Å². The number of nitrogens with zero attached hydrogens (tertiary/aromatic N) is 3. The van der Waals surface area contributed by atoms with Crippen LogP contribution in [0.25, 0.3) is 0 Å². The van der Waals surface area contributed by atoms with Crippen molar-refractivity contribution < 1.29 is 9.59 Å². The van der Waals surface area contributed by atoms with E-state index in [1.807, 2.05) is 0 Å². The van der Waals surface area contributed by atoms with Gasteiger partial charge >= 0.3 is 0 Å². The maximum absolute atomic E-state index is 12.1. The second kappa shape index (κ2) is 7.49. The predicted octanol–water partition coefficient (Wildman–Crippen LogP) is 2.22. The van der Waals surface area contributed by atoms with Gasteiger partial charge in [0.1, 0.15) is 11.0 Å². The number of carbonyl (C=O) groups is 2. The molecule has 0 spiro atoms. The van der Waals surface area contributed by atoms with Crippen LogP contribution in [0.5, 0.6) is 0 Å². The normalized spacial score (nSPS) is 16.3. The molecule has 0 aliphatic carbocycles. The van der Waals surface area contributed by atoms with Crippen molar-refractivity contribution in [3.8, 4) is 0 Å². The fourth-order valence-corrected chi connectivity index (χ4v) is 3.15. The molecule has 116 valence electrons. The van der Waals surface area contributed by atoms with E-state index in [-0.39, 0.29) is 11.8 Å². The van der Waals surface area contributed by atoms with E-state index in [0.29, 0.717) is 18.1 Å². The summed E-state index contributed by atoms with van der Waals surface area (Å²) in [6, 6.07) is -0.451. The number of aromatic nitrogens is 2. The zero-order chi connectivity index (χ0) is 15.2. The number of anilines is 1. The Kier molecular flexibility index (Phi) is 5.67. The number of amides is 2. The Labute approximate surface area is 128 Å². The van der Waals surface area contributed by atoms with Gasteiger partial charge in [0.2, 0.25) is 16.9 Å². The van der Waals surface area contributed by atoms with Crippen molar-refractivity contribution in [1.29, 1.82) is 0 Å². The molecule has 1 aliphatic heterocycles. The van der Waals surface area contributed by atoms with Gasteiger partial charge < -0.3 is 4.90 Å². The van der Waals surface area contributed by atoms with Gasteiger partial charge in [-0.05, 0) is 19.8 Å². The highest BCUT2D eigenvalue weighted by Crippen LogP contribution is 2.19. The first-order valence-electron chi connectivity index (χ1n) is 7.54. The molecule has 7 heteroatoms. The molecular weight excluding hydrogens is 288 g/mol. The number of nitrogens with one attached hydrogen (secondary N) is 1. The number of carbonyl (C=O) groups excluding carboxylic acids is 2. The number of hydrogen-bond acceptors (Lipinski definition) is 5. The van der Waals surface area contributed by atoms with Crippen LogP contribution < -0.4 is 5.32 Å². The van der Waals surface area contributed by atoms with Crippen LogP contribution in [0, 0.1) is 0 Å². The lowest BCUT2D eigenvalue weighted by molar-refractivity contribution is -0.134. The average Bonchev–Trinajstić information content (AvgIpc) is 3.07. The number of hydrogen-bond donors (Lipinski definition) is 1. The van der Waals surface area contributed by atoms with Gasteiger partial charge in [0, 0.05) is 19.4 Å². The third kappa shape index (κ3) is 4.23. The molecule has 0 saturated carbocycles. The van der Waals surface area contributed by atoms with Crippen LogP contribution in [0.4, 0.5) is 5.13 Å². The van der Waals surface area contributed by atoms with E-state index in [1.165, 1.54) is 24.2 Å². The highest BCUT2D eigenvalue weighted by atomic mass is 32.1. The zero-order valence-corrected chi connectivity index (χ0v) is 13.4. The van der Waals surface area contributed by atoms with Crippen LogP contribution in [0.1, 0.15) is 51.0 Å². The van der Waals surface area contributed by atoms with Crippen LogP contribution in [0.15, 0.2) is 0 Å². The molecule has 1 aromatic heterocycles. The summed E-state index contributed by atoms with van der Waals surface area (Å²) in [5.41, 5.74) is 0. The largest absolute Gasteiger partial charge is 0.331 e. The summed E-state index contributed by atoms with van der Waals surface area (Å²) in [6.07, 6.45) is 5.72. The molecule has 2 amide bonds. The highest BCUT2D eigenvalue weighted by molar-refractivity contribution is 7.15. The molecule has 1 fully saturated rings. The van der Waals surface area contributed by atoms with Crippen molar-refractivity contribution >= 4 is 28.3 Å². The van der Waals surface area contributed by atoms with Gasteiger partial charge in [-0.15, -0.1) is 10.2 Å². The molecule has 1 aliphatic rings. The lowest BCUT2D eigenvalue weighted by atomic mass is 10.2. The minimum absolute atomic E-state index is 0.0511. The van der Waals surface area contributed by atoms with Gasteiger partial charge in [-0.25, -0.2) is 0 Å². The smallest absolute Gasteiger partial charge is 0.248 e. The molecule has 0 bridgehead atoms. The number of rotatable bonds is 7. The van der Waals surface area contributed by atoms with E-state index in [0.717, 1.165) is 24.3 Å². The first kappa shape index (κ1) is 15.9. The highest BCUT2D eigenvalue weighted by Gasteiger charge is 2.29. The molecule has 2 heterocycles. The Hall–Kier alpha value is -1.50. The Balaban J connectivity index is 1.86. The quantitative estimate of drug-likeness (QED) is 0.784. The molecule has 1 atom stereocenters. The Morgan fingerprint density at radius 3 is 2.90 bits per heavy atom. The molecule has 2 rings (SSSR count). The van der Waals surface area contributed by atoms with Crippen molar-refractivity contribution in [3.63, 3.8) is 0 Å². The van der Waals surface area contributed by atoms with E-state index in [9.17, 15) is 9.59 Å². The molecule has 1 aromatic rings. The second-order valence-electron chi connectivity index (χ2n) is 5.31. The third-order valence-corrected chi connectivity index (χ3v) is 4.55. The SMILES string of the molecule is CCCCCc1nnc(NC(=O)C(C)N2CCCC2=O)s1. The van der Waals surface area contributed by atoms with Crippen LogP contribution in [-0.4, -0.2) is 39.5 Å². The Morgan fingerprint density at radius 2 is 2.24 bits per heavy atom. The van der Waals surface area contributed by atoms with Gasteiger partial charge in [0.05, 0.1) is 0 Å². The predicted molar refractivity (Wildman–Crippen MR) is 82.2 cm³/mol. The molecule has 1 N–H and O–H groups in total. The van der Waals surface area contributed by atoms with Gasteiger partial charge in [-0.3, -0.25) is 14.9 Å². The summed E-state index contributed by atoms with van der Waals surface area (Å²) in [6.45, 7) is 4.57. The van der Waals surface area contributed by atoms with Gasteiger partial charge in [-0.1, -0.05) is 31.1 Å². The fraction of sp³-hybridized carbons (Fsp3) is 0.714. The summed E-state index contributed by atoms with van der Waals surface area (Å²) in [5.74, 6) is -0.142. The van der Waals surface area contributed by atoms with Crippen LogP contribution >= 0.6 is 11.3 Å². The van der Waals surface area contributed by atoms with E-state index in [4.69, 9.17) is 0 Å². The molecule has 0 radical (unpaired) electrons. The van der Waals surface area contributed by atoms with Crippen LogP contribution in [0.3, 0.4) is 0 Å². The molecule has 1 unspecified atom stereocenters. The second-order valence-corrected chi connectivity index (χ2v) is 6.38. The number of likely N-dealkylation sites (tertiary alicyclic amines) is 1. The molecule has 6 nitrogen and oxygen atoms in total. The van der Waals surface area contributed by atoms with E-state index in [1.54, 1.807) is 11.8 Å². The minimum atomic E-state index is -0.451. The average molecular weight is 310 g/mol. The summed E-state index contributed by atoms with van der Waals surface area (Å²) in [5, 5.41) is 12.3. The lowest BCUT2D eigenvalue weighted by Gasteiger charge is -2.22. The van der Waals surface area contributed by atoms with Crippen molar-refractivity contribution in [3.05, 3.63) is 5.01 Å². The third-order valence-electron chi connectivity index (χ3n) is 3.65. The standard InChI is InChI=1S/C14H22N4O2S/c1-3-4-5-7-11-16-17-14(21-11)15-13(20)10(2)18-9-6-8-12(18)19/h10H,3-9H2,1-2H3,(H,15,17,20). The van der Waals surface area contributed by atoms with E-state index in [2.05, 4.69) is 22.4 Å². The Bertz CT molecular complexity index is 503. The summed E-state index contributed by atoms with van der Waals surface area (Å²) >= 11 is 1.41. The van der Waals surface area contributed by atoms with Crippen molar-refractivity contribution in [1.82, 2.24) is 15.1 Å². The topological polar surface area (TPSA) is 75.2 Å². The summed E-state index contributed by atoms with van der Waals surface area (Å²) in [7, 11) is 0. The first-order chi connectivity index (χ1) is 10.1. The van der Waals surface area contributed by atoms with Crippen molar-refractivity contribution in [2.75, 3.05) is 11.9 Å². The summed E-state index contributed by atoms with van der Waals surface area (Å²) in [4.78, 5) is 25.4. The maximum atomic E-state index is 12.1. The zero-order valence-electron chi connectivity index (χ0n) is 12.6. The fourth-order valence-electron chi connectivity index (χ4n) is 2.36. The molecule has 1 saturated heterocycles. The molecular formula is C14H22N4O2S. The van der Waals surface area contributed by atoms with Gasteiger partial charge in [-0.2, -0.15) is 0 Å². The molecule has 0 aromatic carbocycles. The van der Waals surface area contributed by atoms with Crippen molar-refractivity contribution in [2.45, 2.75) is 58.4 Å². The van der Waals surface area contributed by atoms with Crippen LogP contribution in [0.2, 0.25) is 0 Å². The number of aryl methyl sites for hydroxylation is 1. The summed E-state index contributed by atoms with van der Waals surface area (Å²) < 4.78 is 0. The van der Waals surface area contributed by atoms with Gasteiger partial charge in [0.25, 0.3) is 0 Å². The lowest BCUT2D eigenvalue weighted by Crippen LogP contribution is -2.42. The monoisotopic (exact) mass is 310 g/mol. The Morgan fingerprint density at radius 1 is 1.43 bits per heavy atom. The van der Waals surface area contributed by atoms with Crippen LogP contribution in [-0.2, 0) is 16.0 Å².